The Morgan fingerprint density at radius 2 is 1.89 bits per heavy atom. The van der Waals surface area contributed by atoms with E-state index in [1.807, 2.05) is 12.1 Å². The van der Waals surface area contributed by atoms with Crippen LogP contribution in [0.5, 0.6) is 0 Å². The first kappa shape index (κ1) is 21.4. The van der Waals surface area contributed by atoms with Crippen LogP contribution in [0.2, 0.25) is 5.02 Å². The van der Waals surface area contributed by atoms with Crippen LogP contribution in [0.3, 0.4) is 0 Å². The minimum atomic E-state index is -0.145. The highest BCUT2D eigenvalue weighted by atomic mass is 35.5. The Labute approximate surface area is 173 Å². The number of rotatable bonds is 6. The molecule has 1 heterocycles. The number of nitrogens with one attached hydrogen (secondary N) is 2. The van der Waals surface area contributed by atoms with Gasteiger partial charge in [0.2, 0.25) is 0 Å². The van der Waals surface area contributed by atoms with E-state index in [1.165, 1.54) is 5.56 Å². The summed E-state index contributed by atoms with van der Waals surface area (Å²) in [5.41, 5.74) is 1.23. The molecule has 1 aliphatic carbocycles. The minimum absolute atomic E-state index is 0.145. The van der Waals surface area contributed by atoms with Crippen LogP contribution >= 0.6 is 11.6 Å². The lowest BCUT2D eigenvalue weighted by molar-refractivity contribution is 0.0179. The van der Waals surface area contributed by atoms with Gasteiger partial charge in [-0.15, -0.1) is 0 Å². The van der Waals surface area contributed by atoms with Crippen molar-refractivity contribution in [2.45, 2.75) is 50.8 Å². The molecule has 3 rings (SSSR count). The third-order valence-electron chi connectivity index (χ3n) is 5.55. The smallest absolute Gasteiger partial charge is 0.191 e. The second-order valence-electron chi connectivity index (χ2n) is 7.59. The molecular formula is C21H33ClN4O2. The van der Waals surface area contributed by atoms with Gasteiger partial charge in [-0.05, 0) is 50.3 Å². The summed E-state index contributed by atoms with van der Waals surface area (Å²) in [6.07, 6.45) is 3.54. The van der Waals surface area contributed by atoms with Gasteiger partial charge in [0.1, 0.15) is 0 Å². The van der Waals surface area contributed by atoms with Crippen LogP contribution in [0.15, 0.2) is 29.3 Å². The van der Waals surface area contributed by atoms with E-state index in [0.717, 1.165) is 69.5 Å². The molecule has 0 aromatic heterocycles. The van der Waals surface area contributed by atoms with Crippen molar-refractivity contribution in [3.05, 3.63) is 34.9 Å². The molecule has 0 bridgehead atoms. The lowest BCUT2D eigenvalue weighted by atomic mass is 9.93. The monoisotopic (exact) mass is 408 g/mol. The Balaban J connectivity index is 1.70. The summed E-state index contributed by atoms with van der Waals surface area (Å²) in [7, 11) is 0. The normalized spacial score (nSPS) is 25.3. The highest BCUT2D eigenvalue weighted by molar-refractivity contribution is 6.30. The van der Waals surface area contributed by atoms with E-state index in [4.69, 9.17) is 21.3 Å². The predicted molar refractivity (Wildman–Crippen MR) is 114 cm³/mol. The molecule has 0 spiro atoms. The van der Waals surface area contributed by atoms with Gasteiger partial charge in [-0.3, -0.25) is 9.89 Å². The second-order valence-corrected chi connectivity index (χ2v) is 8.02. The van der Waals surface area contributed by atoms with Gasteiger partial charge in [0.15, 0.2) is 5.96 Å². The molecule has 1 aliphatic heterocycles. The maximum absolute atomic E-state index is 9.73. The SMILES string of the molecule is CCNC(=NCC(c1ccc(Cl)cc1)N1CCOCC1)NC1CCC(O)CC1. The average Bonchev–Trinajstić information content (AvgIpc) is 2.72. The van der Waals surface area contributed by atoms with Gasteiger partial charge in [-0.1, -0.05) is 23.7 Å². The molecule has 0 amide bonds. The van der Waals surface area contributed by atoms with E-state index >= 15 is 0 Å². The van der Waals surface area contributed by atoms with Crippen LogP contribution in [0.25, 0.3) is 0 Å². The van der Waals surface area contributed by atoms with E-state index in [2.05, 4.69) is 34.6 Å². The number of ether oxygens (including phenoxy) is 1. The number of halogens is 1. The summed E-state index contributed by atoms with van der Waals surface area (Å²) < 4.78 is 5.53. The van der Waals surface area contributed by atoms with Crippen molar-refractivity contribution in [2.24, 2.45) is 4.99 Å². The van der Waals surface area contributed by atoms with Crippen LogP contribution in [-0.4, -0.2) is 67.5 Å². The Morgan fingerprint density at radius 3 is 2.54 bits per heavy atom. The summed E-state index contributed by atoms with van der Waals surface area (Å²) >= 11 is 6.09. The van der Waals surface area contributed by atoms with Crippen molar-refractivity contribution in [3.8, 4) is 0 Å². The van der Waals surface area contributed by atoms with Crippen molar-refractivity contribution in [1.82, 2.24) is 15.5 Å². The van der Waals surface area contributed by atoms with Crippen molar-refractivity contribution >= 4 is 17.6 Å². The molecular weight excluding hydrogens is 376 g/mol. The van der Waals surface area contributed by atoms with Gasteiger partial charge in [0.05, 0.1) is 31.9 Å². The number of guanidine groups is 1. The molecule has 1 saturated carbocycles. The molecule has 28 heavy (non-hydrogen) atoms. The molecule has 7 heteroatoms. The first-order chi connectivity index (χ1) is 13.7. The molecule has 3 N–H and O–H groups in total. The van der Waals surface area contributed by atoms with Crippen molar-refractivity contribution in [2.75, 3.05) is 39.4 Å². The van der Waals surface area contributed by atoms with E-state index in [-0.39, 0.29) is 12.1 Å². The van der Waals surface area contributed by atoms with E-state index in [0.29, 0.717) is 12.6 Å². The Hall–Kier alpha value is -1.34. The van der Waals surface area contributed by atoms with E-state index < -0.39 is 0 Å². The fourth-order valence-corrected chi connectivity index (χ4v) is 4.04. The van der Waals surface area contributed by atoms with Gasteiger partial charge in [-0.2, -0.15) is 0 Å². The summed E-state index contributed by atoms with van der Waals surface area (Å²) in [6.45, 7) is 6.92. The van der Waals surface area contributed by atoms with Gasteiger partial charge in [0.25, 0.3) is 0 Å². The van der Waals surface area contributed by atoms with E-state index in [9.17, 15) is 5.11 Å². The summed E-state index contributed by atoms with van der Waals surface area (Å²) in [5.74, 6) is 0.858. The van der Waals surface area contributed by atoms with Crippen LogP contribution in [0.1, 0.15) is 44.2 Å². The highest BCUT2D eigenvalue weighted by Crippen LogP contribution is 2.24. The molecule has 1 atom stereocenters. The average molecular weight is 409 g/mol. The van der Waals surface area contributed by atoms with Gasteiger partial charge < -0.3 is 20.5 Å². The summed E-state index contributed by atoms with van der Waals surface area (Å²) in [4.78, 5) is 7.36. The molecule has 2 fully saturated rings. The Kier molecular flexibility index (Phi) is 8.40. The quantitative estimate of drug-likeness (QED) is 0.498. The van der Waals surface area contributed by atoms with Crippen LogP contribution < -0.4 is 10.6 Å². The fourth-order valence-electron chi connectivity index (χ4n) is 3.92. The van der Waals surface area contributed by atoms with Crippen LogP contribution in [0.4, 0.5) is 0 Å². The Bertz CT molecular complexity index is 611. The minimum Gasteiger partial charge on any atom is -0.393 e. The second kappa shape index (κ2) is 11.0. The molecule has 0 radical (unpaired) electrons. The lowest BCUT2D eigenvalue weighted by Crippen LogP contribution is -2.46. The number of nitrogens with zero attached hydrogens (tertiary/aromatic N) is 2. The van der Waals surface area contributed by atoms with Crippen molar-refractivity contribution in [1.29, 1.82) is 0 Å². The third kappa shape index (κ3) is 6.34. The molecule has 1 aromatic carbocycles. The third-order valence-corrected chi connectivity index (χ3v) is 5.80. The first-order valence-electron chi connectivity index (χ1n) is 10.5. The number of morpholine rings is 1. The van der Waals surface area contributed by atoms with Crippen molar-refractivity contribution < 1.29 is 9.84 Å². The zero-order chi connectivity index (χ0) is 19.8. The molecule has 1 aromatic rings. The van der Waals surface area contributed by atoms with Gasteiger partial charge in [0, 0.05) is 30.7 Å². The first-order valence-corrected chi connectivity index (χ1v) is 10.8. The predicted octanol–water partition coefficient (Wildman–Crippen LogP) is 2.57. The largest absolute Gasteiger partial charge is 0.393 e. The summed E-state index contributed by atoms with van der Waals surface area (Å²) in [5, 5.41) is 17.4. The maximum Gasteiger partial charge on any atom is 0.191 e. The molecule has 6 nitrogen and oxygen atoms in total. The molecule has 1 saturated heterocycles. The maximum atomic E-state index is 9.73. The van der Waals surface area contributed by atoms with Gasteiger partial charge in [-0.25, -0.2) is 0 Å². The zero-order valence-electron chi connectivity index (χ0n) is 16.7. The highest BCUT2D eigenvalue weighted by Gasteiger charge is 2.24. The lowest BCUT2D eigenvalue weighted by Gasteiger charge is -2.34. The number of aliphatic hydroxyl groups excluding tert-OH is 1. The summed E-state index contributed by atoms with van der Waals surface area (Å²) in [6, 6.07) is 8.67. The topological polar surface area (TPSA) is 69.1 Å². The number of hydrogen-bond donors (Lipinski definition) is 3. The molecule has 156 valence electrons. The van der Waals surface area contributed by atoms with E-state index in [1.54, 1.807) is 0 Å². The zero-order valence-corrected chi connectivity index (χ0v) is 17.5. The fraction of sp³-hybridized carbons (Fsp3) is 0.667. The standard InChI is InChI=1S/C21H33ClN4O2/c1-2-23-21(25-18-7-9-19(27)10-8-18)24-15-20(26-11-13-28-14-12-26)16-3-5-17(22)6-4-16/h3-6,18-20,27H,2,7-15H2,1H3,(H2,23,24,25). The van der Waals surface area contributed by atoms with Gasteiger partial charge >= 0.3 is 0 Å². The van der Waals surface area contributed by atoms with Crippen LogP contribution in [-0.2, 0) is 4.74 Å². The Morgan fingerprint density at radius 1 is 1.21 bits per heavy atom. The number of benzene rings is 1. The number of aliphatic imine (C=N–C) groups is 1. The molecule has 2 aliphatic rings. The number of hydrogen-bond acceptors (Lipinski definition) is 4. The number of aliphatic hydroxyl groups is 1. The molecule has 1 unspecified atom stereocenters. The van der Waals surface area contributed by atoms with Crippen molar-refractivity contribution in [3.63, 3.8) is 0 Å². The van der Waals surface area contributed by atoms with Crippen LogP contribution in [0, 0.1) is 0 Å².